The van der Waals surface area contributed by atoms with Crippen LogP contribution in [0.5, 0.6) is 0 Å². The quantitative estimate of drug-likeness (QED) is 0.479. The van der Waals surface area contributed by atoms with Crippen LogP contribution in [0.3, 0.4) is 0 Å². The van der Waals surface area contributed by atoms with E-state index in [9.17, 15) is 9.59 Å². The molecule has 6 nitrogen and oxygen atoms in total. The summed E-state index contributed by atoms with van der Waals surface area (Å²) < 4.78 is 5.25. The first-order valence-electron chi connectivity index (χ1n) is 5.08. The van der Waals surface area contributed by atoms with E-state index in [1.165, 1.54) is 0 Å². The number of amides is 2. The lowest BCUT2D eigenvalue weighted by Gasteiger charge is -2.22. The minimum Gasteiger partial charge on any atom is -0.370 e. The first-order valence-corrected chi connectivity index (χ1v) is 5.08. The van der Waals surface area contributed by atoms with Gasteiger partial charge >= 0.3 is 0 Å². The molecule has 1 unspecified atom stereocenters. The standard InChI is InChI=1S/C9H17N3O3/c10-8(13)2-1-3-12-9(14)7-6-11-4-5-15-7/h7,11H,1-6H2,(H2,10,13)(H,12,14). The molecule has 0 aromatic heterocycles. The number of rotatable bonds is 5. The van der Waals surface area contributed by atoms with Crippen molar-refractivity contribution in [2.75, 3.05) is 26.2 Å². The van der Waals surface area contributed by atoms with Gasteiger partial charge in [0.05, 0.1) is 6.61 Å². The van der Waals surface area contributed by atoms with Crippen molar-refractivity contribution in [2.45, 2.75) is 18.9 Å². The van der Waals surface area contributed by atoms with Crippen LogP contribution < -0.4 is 16.4 Å². The molecule has 1 rings (SSSR count). The van der Waals surface area contributed by atoms with Gasteiger partial charge in [-0.2, -0.15) is 0 Å². The summed E-state index contributed by atoms with van der Waals surface area (Å²) in [4.78, 5) is 21.9. The van der Waals surface area contributed by atoms with Crippen molar-refractivity contribution in [3.8, 4) is 0 Å². The smallest absolute Gasteiger partial charge is 0.250 e. The number of carbonyl (C=O) groups excluding carboxylic acids is 2. The van der Waals surface area contributed by atoms with E-state index in [1.807, 2.05) is 0 Å². The fourth-order valence-electron chi connectivity index (χ4n) is 1.32. The van der Waals surface area contributed by atoms with Crippen LogP contribution in [0.25, 0.3) is 0 Å². The molecule has 0 aliphatic carbocycles. The molecule has 4 N–H and O–H groups in total. The third-order valence-electron chi connectivity index (χ3n) is 2.12. The Bertz CT molecular complexity index is 227. The number of hydrogen-bond acceptors (Lipinski definition) is 4. The Kier molecular flexibility index (Phi) is 5.06. The summed E-state index contributed by atoms with van der Waals surface area (Å²) in [5.74, 6) is -0.480. The van der Waals surface area contributed by atoms with Crippen LogP contribution in [0.1, 0.15) is 12.8 Å². The molecule has 0 aromatic rings. The van der Waals surface area contributed by atoms with Crippen LogP contribution in [-0.2, 0) is 14.3 Å². The van der Waals surface area contributed by atoms with E-state index in [4.69, 9.17) is 10.5 Å². The molecule has 0 saturated carbocycles. The third-order valence-corrected chi connectivity index (χ3v) is 2.12. The largest absolute Gasteiger partial charge is 0.370 e. The van der Waals surface area contributed by atoms with Crippen molar-refractivity contribution < 1.29 is 14.3 Å². The molecule has 6 heteroatoms. The molecule has 0 radical (unpaired) electrons. The van der Waals surface area contributed by atoms with Crippen molar-refractivity contribution in [3.05, 3.63) is 0 Å². The average molecular weight is 215 g/mol. The van der Waals surface area contributed by atoms with Gasteiger partial charge in [-0.05, 0) is 6.42 Å². The number of nitrogens with two attached hydrogens (primary N) is 1. The summed E-state index contributed by atoms with van der Waals surface area (Å²) >= 11 is 0. The van der Waals surface area contributed by atoms with Crippen molar-refractivity contribution >= 4 is 11.8 Å². The van der Waals surface area contributed by atoms with E-state index < -0.39 is 6.10 Å². The zero-order chi connectivity index (χ0) is 11.1. The van der Waals surface area contributed by atoms with Gasteiger partial charge in [0.2, 0.25) is 11.8 Å². The van der Waals surface area contributed by atoms with Gasteiger partial charge < -0.3 is 21.1 Å². The monoisotopic (exact) mass is 215 g/mol. The van der Waals surface area contributed by atoms with Gasteiger partial charge in [-0.25, -0.2) is 0 Å². The van der Waals surface area contributed by atoms with Crippen LogP contribution in [0.4, 0.5) is 0 Å². The van der Waals surface area contributed by atoms with Gasteiger partial charge in [0, 0.05) is 26.1 Å². The Balaban J connectivity index is 2.09. The van der Waals surface area contributed by atoms with Crippen molar-refractivity contribution in [1.82, 2.24) is 10.6 Å². The molecule has 15 heavy (non-hydrogen) atoms. The average Bonchev–Trinajstić information content (AvgIpc) is 2.25. The third kappa shape index (κ3) is 4.75. The van der Waals surface area contributed by atoms with Gasteiger partial charge in [-0.1, -0.05) is 0 Å². The molecule has 0 aromatic carbocycles. The van der Waals surface area contributed by atoms with Gasteiger partial charge in [-0.3, -0.25) is 9.59 Å². The lowest BCUT2D eigenvalue weighted by molar-refractivity contribution is -0.134. The molecule has 1 heterocycles. The summed E-state index contributed by atoms with van der Waals surface area (Å²) in [5.41, 5.74) is 4.97. The summed E-state index contributed by atoms with van der Waals surface area (Å²) in [6, 6.07) is 0. The second-order valence-electron chi connectivity index (χ2n) is 3.42. The van der Waals surface area contributed by atoms with Gasteiger partial charge in [0.1, 0.15) is 6.10 Å². The Morgan fingerprint density at radius 3 is 2.93 bits per heavy atom. The first kappa shape index (κ1) is 11.9. The Labute approximate surface area is 88.5 Å². The fourth-order valence-corrected chi connectivity index (χ4v) is 1.32. The van der Waals surface area contributed by atoms with E-state index in [-0.39, 0.29) is 11.8 Å². The molecular formula is C9H17N3O3. The van der Waals surface area contributed by atoms with Crippen molar-refractivity contribution in [1.29, 1.82) is 0 Å². The Hall–Kier alpha value is -1.14. The van der Waals surface area contributed by atoms with Crippen molar-refractivity contribution in [3.63, 3.8) is 0 Å². The van der Waals surface area contributed by atoms with E-state index in [0.717, 1.165) is 6.54 Å². The fraction of sp³-hybridized carbons (Fsp3) is 0.778. The summed E-state index contributed by atoms with van der Waals surface area (Å²) in [6.07, 6.45) is 0.456. The van der Waals surface area contributed by atoms with Gasteiger partial charge in [-0.15, -0.1) is 0 Å². The van der Waals surface area contributed by atoms with Crippen LogP contribution in [-0.4, -0.2) is 44.2 Å². The summed E-state index contributed by atoms with van der Waals surface area (Å²) in [7, 11) is 0. The lowest BCUT2D eigenvalue weighted by Crippen LogP contribution is -2.48. The van der Waals surface area contributed by atoms with E-state index >= 15 is 0 Å². The van der Waals surface area contributed by atoms with Crippen LogP contribution in [0, 0.1) is 0 Å². The normalized spacial score (nSPS) is 20.9. The highest BCUT2D eigenvalue weighted by atomic mass is 16.5. The lowest BCUT2D eigenvalue weighted by atomic mass is 10.2. The van der Waals surface area contributed by atoms with Crippen LogP contribution >= 0.6 is 0 Å². The van der Waals surface area contributed by atoms with Crippen molar-refractivity contribution in [2.24, 2.45) is 5.73 Å². The highest BCUT2D eigenvalue weighted by Crippen LogP contribution is 1.96. The maximum Gasteiger partial charge on any atom is 0.250 e. The first-order chi connectivity index (χ1) is 7.20. The molecule has 0 spiro atoms. The van der Waals surface area contributed by atoms with Crippen LogP contribution in [0.2, 0.25) is 0 Å². The number of nitrogens with one attached hydrogen (secondary N) is 2. The number of morpholine rings is 1. The zero-order valence-electron chi connectivity index (χ0n) is 8.62. The zero-order valence-corrected chi connectivity index (χ0v) is 8.62. The van der Waals surface area contributed by atoms with E-state index in [0.29, 0.717) is 32.5 Å². The summed E-state index contributed by atoms with van der Waals surface area (Å²) in [6.45, 7) is 2.34. The minimum absolute atomic E-state index is 0.133. The molecule has 1 atom stereocenters. The molecule has 1 aliphatic heterocycles. The molecule has 1 aliphatic rings. The second kappa shape index (κ2) is 6.36. The molecular weight excluding hydrogens is 198 g/mol. The Morgan fingerprint density at radius 2 is 2.33 bits per heavy atom. The SMILES string of the molecule is NC(=O)CCCNC(=O)C1CNCCO1. The Morgan fingerprint density at radius 1 is 1.53 bits per heavy atom. The van der Waals surface area contributed by atoms with Gasteiger partial charge in [0.15, 0.2) is 0 Å². The molecule has 1 fully saturated rings. The van der Waals surface area contributed by atoms with Crippen LogP contribution in [0.15, 0.2) is 0 Å². The second-order valence-corrected chi connectivity index (χ2v) is 3.42. The predicted molar refractivity (Wildman–Crippen MR) is 54.0 cm³/mol. The molecule has 2 amide bonds. The molecule has 1 saturated heterocycles. The highest BCUT2D eigenvalue weighted by Gasteiger charge is 2.20. The maximum atomic E-state index is 11.5. The predicted octanol–water partition coefficient (Wildman–Crippen LogP) is -1.64. The van der Waals surface area contributed by atoms with E-state index in [1.54, 1.807) is 0 Å². The minimum atomic E-state index is -0.410. The maximum absolute atomic E-state index is 11.5. The molecule has 86 valence electrons. The number of ether oxygens (including phenoxy) is 1. The number of hydrogen-bond donors (Lipinski definition) is 3. The molecule has 0 bridgehead atoms. The summed E-state index contributed by atoms with van der Waals surface area (Å²) in [5, 5.41) is 5.76. The van der Waals surface area contributed by atoms with Gasteiger partial charge in [0.25, 0.3) is 0 Å². The number of carbonyl (C=O) groups is 2. The highest BCUT2D eigenvalue weighted by molar-refractivity contribution is 5.81. The topological polar surface area (TPSA) is 93.5 Å². The van der Waals surface area contributed by atoms with E-state index in [2.05, 4.69) is 10.6 Å². The number of primary amides is 1.